The molecule has 1 N–H and O–H groups in total. The van der Waals surface area contributed by atoms with Crippen LogP contribution < -0.4 is 5.32 Å². The van der Waals surface area contributed by atoms with Crippen LogP contribution >= 0.6 is 0 Å². The third-order valence-corrected chi connectivity index (χ3v) is 4.87. The van der Waals surface area contributed by atoms with E-state index in [4.69, 9.17) is 0 Å². The van der Waals surface area contributed by atoms with Gasteiger partial charge in [-0.05, 0) is 68.9 Å². The average Bonchev–Trinajstić information content (AvgIpc) is 2.27. The van der Waals surface area contributed by atoms with Crippen LogP contribution in [0, 0.1) is 29.6 Å². The number of hydrogen-bond donors (Lipinski definition) is 1. The highest BCUT2D eigenvalue weighted by molar-refractivity contribution is 5.07. The summed E-state index contributed by atoms with van der Waals surface area (Å²) in [4.78, 5) is 0. The molecule has 4 unspecified atom stereocenters. The van der Waals surface area contributed by atoms with Crippen LogP contribution in [0.5, 0.6) is 0 Å². The average molecular weight is 235 g/mol. The molecule has 1 heterocycles. The highest BCUT2D eigenvalue weighted by Crippen LogP contribution is 2.41. The molecule has 1 fully saturated rings. The third kappa shape index (κ3) is 3.13. The summed E-state index contributed by atoms with van der Waals surface area (Å²) in [6.45, 7) is 12.0. The smallest absolute Gasteiger partial charge is 0.00153 e. The van der Waals surface area contributed by atoms with E-state index in [-0.39, 0.29) is 0 Å². The first-order valence-electron chi connectivity index (χ1n) is 7.46. The molecule has 0 bridgehead atoms. The molecule has 1 heteroatoms. The molecule has 0 aromatic rings. The van der Waals surface area contributed by atoms with Gasteiger partial charge in [0.05, 0.1) is 0 Å². The van der Waals surface area contributed by atoms with Crippen molar-refractivity contribution in [2.75, 3.05) is 13.1 Å². The fourth-order valence-electron chi connectivity index (χ4n) is 4.14. The molecule has 98 valence electrons. The molecule has 0 amide bonds. The molecule has 0 aromatic carbocycles. The molecule has 1 nitrogen and oxygen atoms in total. The highest BCUT2D eigenvalue weighted by Gasteiger charge is 2.34. The van der Waals surface area contributed by atoms with E-state index in [0.717, 1.165) is 29.6 Å². The molecule has 0 spiro atoms. The predicted octanol–water partition coefficient (Wildman–Crippen LogP) is 3.86. The van der Waals surface area contributed by atoms with Crippen LogP contribution in [0.1, 0.15) is 47.0 Å². The van der Waals surface area contributed by atoms with Crippen LogP contribution in [-0.2, 0) is 0 Å². The molecule has 1 saturated heterocycles. The summed E-state index contributed by atoms with van der Waals surface area (Å²) in [5, 5.41) is 3.59. The van der Waals surface area contributed by atoms with Gasteiger partial charge in [-0.3, -0.25) is 0 Å². The van der Waals surface area contributed by atoms with E-state index in [9.17, 15) is 0 Å². The van der Waals surface area contributed by atoms with Gasteiger partial charge in [0, 0.05) is 0 Å². The van der Waals surface area contributed by atoms with Gasteiger partial charge in [-0.1, -0.05) is 32.4 Å². The lowest BCUT2D eigenvalue weighted by atomic mass is 9.67. The minimum absolute atomic E-state index is 0.802. The summed E-state index contributed by atoms with van der Waals surface area (Å²) in [5.41, 5.74) is 1.63. The summed E-state index contributed by atoms with van der Waals surface area (Å²) in [6.07, 6.45) is 6.67. The summed E-state index contributed by atoms with van der Waals surface area (Å²) in [5.74, 6) is 4.43. The number of nitrogens with one attached hydrogen (secondary N) is 1. The molecule has 0 aromatic heterocycles. The Hall–Kier alpha value is -0.300. The van der Waals surface area contributed by atoms with Crippen LogP contribution in [0.25, 0.3) is 0 Å². The normalized spacial score (nSPS) is 39.2. The molecule has 0 radical (unpaired) electrons. The standard InChI is InChI=1S/C16H29N/c1-11(2)16-10-17-6-5-15(16)14-8-12(3)7-13(4)9-14/h7,11-12,14-17H,5-6,8-10H2,1-4H3. The SMILES string of the molecule is CC1=CC(C)CC(C2CCNCC2C(C)C)C1. The van der Waals surface area contributed by atoms with Crippen LogP contribution in [0.2, 0.25) is 0 Å². The van der Waals surface area contributed by atoms with E-state index in [1.165, 1.54) is 32.4 Å². The highest BCUT2D eigenvalue weighted by atomic mass is 14.9. The summed E-state index contributed by atoms with van der Waals surface area (Å²) >= 11 is 0. The molecule has 1 aliphatic carbocycles. The maximum atomic E-state index is 3.59. The summed E-state index contributed by atoms with van der Waals surface area (Å²) in [6, 6.07) is 0. The van der Waals surface area contributed by atoms with Gasteiger partial charge in [0.1, 0.15) is 0 Å². The lowest BCUT2D eigenvalue weighted by Gasteiger charge is -2.42. The monoisotopic (exact) mass is 235 g/mol. The van der Waals surface area contributed by atoms with Crippen molar-refractivity contribution in [1.82, 2.24) is 5.32 Å². The topological polar surface area (TPSA) is 12.0 Å². The van der Waals surface area contributed by atoms with Crippen molar-refractivity contribution in [2.24, 2.45) is 29.6 Å². The summed E-state index contributed by atoms with van der Waals surface area (Å²) < 4.78 is 0. The second kappa shape index (κ2) is 5.56. The van der Waals surface area contributed by atoms with Crippen molar-refractivity contribution >= 4 is 0 Å². The quantitative estimate of drug-likeness (QED) is 0.717. The van der Waals surface area contributed by atoms with Gasteiger partial charge in [0.25, 0.3) is 0 Å². The molecular weight excluding hydrogens is 206 g/mol. The van der Waals surface area contributed by atoms with E-state index < -0.39 is 0 Å². The second-order valence-electron chi connectivity index (χ2n) is 6.75. The van der Waals surface area contributed by atoms with Gasteiger partial charge in [0.15, 0.2) is 0 Å². The Kier molecular flexibility index (Phi) is 4.30. The van der Waals surface area contributed by atoms with Crippen LogP contribution in [0.15, 0.2) is 11.6 Å². The van der Waals surface area contributed by atoms with Gasteiger partial charge in [-0.2, -0.15) is 0 Å². The number of rotatable bonds is 2. The predicted molar refractivity (Wildman–Crippen MR) is 74.9 cm³/mol. The minimum Gasteiger partial charge on any atom is -0.316 e. The van der Waals surface area contributed by atoms with Gasteiger partial charge in [-0.15, -0.1) is 0 Å². The first-order valence-corrected chi connectivity index (χ1v) is 7.46. The van der Waals surface area contributed by atoms with E-state index in [2.05, 4.69) is 39.1 Å². The fourth-order valence-corrected chi connectivity index (χ4v) is 4.14. The zero-order valence-corrected chi connectivity index (χ0v) is 12.0. The molecule has 2 aliphatic rings. The van der Waals surface area contributed by atoms with E-state index in [0.29, 0.717) is 0 Å². The molecule has 4 atom stereocenters. The van der Waals surface area contributed by atoms with E-state index >= 15 is 0 Å². The minimum atomic E-state index is 0.802. The van der Waals surface area contributed by atoms with Gasteiger partial charge >= 0.3 is 0 Å². The second-order valence-corrected chi connectivity index (χ2v) is 6.75. The fraction of sp³-hybridized carbons (Fsp3) is 0.875. The van der Waals surface area contributed by atoms with Crippen molar-refractivity contribution < 1.29 is 0 Å². The van der Waals surface area contributed by atoms with Gasteiger partial charge in [-0.25, -0.2) is 0 Å². The molecule has 0 saturated carbocycles. The first-order chi connectivity index (χ1) is 8.08. The summed E-state index contributed by atoms with van der Waals surface area (Å²) in [7, 11) is 0. The molecule has 2 rings (SSSR count). The largest absolute Gasteiger partial charge is 0.316 e. The zero-order valence-electron chi connectivity index (χ0n) is 12.0. The van der Waals surface area contributed by atoms with Gasteiger partial charge in [0.2, 0.25) is 0 Å². The Balaban J connectivity index is 2.06. The van der Waals surface area contributed by atoms with Crippen molar-refractivity contribution in [2.45, 2.75) is 47.0 Å². The molecular formula is C16H29N. The Bertz CT molecular complexity index is 279. The lowest BCUT2D eigenvalue weighted by Crippen LogP contribution is -2.43. The number of hydrogen-bond acceptors (Lipinski definition) is 1. The number of piperidine rings is 1. The molecule has 1 aliphatic heterocycles. The Morgan fingerprint density at radius 2 is 2.12 bits per heavy atom. The maximum absolute atomic E-state index is 3.59. The van der Waals surface area contributed by atoms with Crippen LogP contribution in [-0.4, -0.2) is 13.1 Å². The Morgan fingerprint density at radius 1 is 1.35 bits per heavy atom. The first kappa shape index (κ1) is 13.1. The lowest BCUT2D eigenvalue weighted by molar-refractivity contribution is 0.117. The van der Waals surface area contributed by atoms with Crippen molar-refractivity contribution in [3.63, 3.8) is 0 Å². The third-order valence-electron chi connectivity index (χ3n) is 4.87. The zero-order chi connectivity index (χ0) is 12.4. The Morgan fingerprint density at radius 3 is 2.76 bits per heavy atom. The Labute approximate surface area is 107 Å². The maximum Gasteiger partial charge on any atom is -0.00153 e. The van der Waals surface area contributed by atoms with Crippen LogP contribution in [0.4, 0.5) is 0 Å². The van der Waals surface area contributed by atoms with E-state index in [1.807, 2.05) is 0 Å². The van der Waals surface area contributed by atoms with Crippen molar-refractivity contribution in [3.8, 4) is 0 Å². The molecule has 17 heavy (non-hydrogen) atoms. The van der Waals surface area contributed by atoms with Gasteiger partial charge < -0.3 is 5.32 Å². The van der Waals surface area contributed by atoms with Crippen molar-refractivity contribution in [1.29, 1.82) is 0 Å². The van der Waals surface area contributed by atoms with E-state index in [1.54, 1.807) is 5.57 Å². The van der Waals surface area contributed by atoms with Crippen molar-refractivity contribution in [3.05, 3.63) is 11.6 Å². The number of allylic oxidation sites excluding steroid dienone is 2. The van der Waals surface area contributed by atoms with Crippen LogP contribution in [0.3, 0.4) is 0 Å².